The zero-order valence-electron chi connectivity index (χ0n) is 15.5. The van der Waals surface area contributed by atoms with E-state index < -0.39 is 17.5 Å². The number of rotatable bonds is 4. The molecule has 1 fully saturated rings. The Hall–Kier alpha value is -3.29. The number of H-pyrrole nitrogens is 1. The molecule has 4 rings (SSSR count). The normalized spacial score (nSPS) is 16.7. The van der Waals surface area contributed by atoms with E-state index in [0.717, 1.165) is 48.6 Å². The van der Waals surface area contributed by atoms with Gasteiger partial charge < -0.3 is 10.2 Å². The summed E-state index contributed by atoms with van der Waals surface area (Å²) < 4.78 is 39.5. The van der Waals surface area contributed by atoms with E-state index in [2.05, 4.69) is 15.5 Å². The van der Waals surface area contributed by atoms with E-state index in [9.17, 15) is 18.0 Å². The highest BCUT2D eigenvalue weighted by Crippen LogP contribution is 2.24. The van der Waals surface area contributed by atoms with Crippen LogP contribution >= 0.6 is 0 Å². The van der Waals surface area contributed by atoms with Gasteiger partial charge in [0.2, 0.25) is 0 Å². The summed E-state index contributed by atoms with van der Waals surface area (Å²) >= 11 is 0. The highest BCUT2D eigenvalue weighted by atomic mass is 19.2. The zero-order chi connectivity index (χ0) is 20.4. The van der Waals surface area contributed by atoms with Crippen molar-refractivity contribution in [1.82, 2.24) is 15.5 Å². The van der Waals surface area contributed by atoms with Gasteiger partial charge in [0.15, 0.2) is 17.5 Å². The van der Waals surface area contributed by atoms with Crippen LogP contribution in [0.4, 0.5) is 19.0 Å². The van der Waals surface area contributed by atoms with Crippen LogP contribution < -0.4 is 10.2 Å². The van der Waals surface area contributed by atoms with Crippen LogP contribution in [0, 0.1) is 17.5 Å². The molecule has 3 aromatic rings. The molecule has 1 atom stereocenters. The number of hydrogen-bond acceptors (Lipinski definition) is 3. The number of nitrogens with zero attached hydrogens (tertiary/aromatic N) is 2. The second-order valence-corrected chi connectivity index (χ2v) is 7.03. The van der Waals surface area contributed by atoms with E-state index in [0.29, 0.717) is 6.54 Å². The number of carbonyl (C=O) groups excluding carboxylic acids is 1. The minimum Gasteiger partial charge on any atom is -0.353 e. The molecule has 0 spiro atoms. The van der Waals surface area contributed by atoms with Crippen molar-refractivity contribution >= 4 is 11.7 Å². The Morgan fingerprint density at radius 2 is 1.86 bits per heavy atom. The van der Waals surface area contributed by atoms with Crippen molar-refractivity contribution < 1.29 is 18.0 Å². The number of nitrogens with one attached hydrogen (secondary N) is 2. The zero-order valence-corrected chi connectivity index (χ0v) is 15.5. The first-order valence-electron chi connectivity index (χ1n) is 9.32. The molecular weight excluding hydrogens is 381 g/mol. The second kappa shape index (κ2) is 7.98. The standard InChI is InChI=1S/C21H19F3N4O/c22-15-6-3-13(4-7-15)19-11-20(27-26-19)28-9-1-2-16(12-28)25-21(29)14-5-8-17(23)18(24)10-14/h3-8,10-11,16H,1-2,9,12H2,(H,25,29)(H,26,27)/t16-/m0/s1. The lowest BCUT2D eigenvalue weighted by molar-refractivity contribution is 0.0932. The second-order valence-electron chi connectivity index (χ2n) is 7.03. The average molecular weight is 400 g/mol. The smallest absolute Gasteiger partial charge is 0.251 e. The molecule has 8 heteroatoms. The maximum absolute atomic E-state index is 13.4. The number of anilines is 1. The van der Waals surface area contributed by atoms with Gasteiger partial charge in [0.05, 0.1) is 5.69 Å². The summed E-state index contributed by atoms with van der Waals surface area (Å²) in [6, 6.07) is 11.0. The van der Waals surface area contributed by atoms with Crippen molar-refractivity contribution in [3.8, 4) is 11.3 Å². The first-order chi connectivity index (χ1) is 14.0. The summed E-state index contributed by atoms with van der Waals surface area (Å²) in [6.07, 6.45) is 1.63. The van der Waals surface area contributed by atoms with Crippen LogP contribution in [0.1, 0.15) is 23.2 Å². The van der Waals surface area contributed by atoms with Gasteiger partial charge in [-0.2, -0.15) is 5.10 Å². The number of amides is 1. The van der Waals surface area contributed by atoms with E-state index in [1.54, 1.807) is 12.1 Å². The van der Waals surface area contributed by atoms with E-state index in [1.165, 1.54) is 18.2 Å². The van der Waals surface area contributed by atoms with Gasteiger partial charge in [-0.05, 0) is 60.9 Å². The third-order valence-electron chi connectivity index (χ3n) is 4.98. The fraction of sp³-hybridized carbons (Fsp3) is 0.238. The molecule has 1 aliphatic rings. The van der Waals surface area contributed by atoms with Crippen molar-refractivity contribution in [3.63, 3.8) is 0 Å². The summed E-state index contributed by atoms with van der Waals surface area (Å²) in [5.74, 6) is -2.04. The molecule has 0 unspecified atom stereocenters. The van der Waals surface area contributed by atoms with Crippen molar-refractivity contribution in [1.29, 1.82) is 0 Å². The SMILES string of the molecule is O=C(N[C@H]1CCCN(c2cc(-c3ccc(F)cc3)[nH]n2)C1)c1ccc(F)c(F)c1. The van der Waals surface area contributed by atoms with Crippen LogP contribution in [-0.4, -0.2) is 35.2 Å². The number of piperidine rings is 1. The molecule has 29 heavy (non-hydrogen) atoms. The molecule has 1 amide bonds. The summed E-state index contributed by atoms with van der Waals surface area (Å²) in [5, 5.41) is 10.2. The Bertz CT molecular complexity index is 1020. The molecule has 2 aromatic carbocycles. The van der Waals surface area contributed by atoms with Gasteiger partial charge >= 0.3 is 0 Å². The Morgan fingerprint density at radius 1 is 1.07 bits per heavy atom. The maximum atomic E-state index is 13.4. The van der Waals surface area contributed by atoms with Gasteiger partial charge in [0.1, 0.15) is 5.82 Å². The Morgan fingerprint density at radius 3 is 2.62 bits per heavy atom. The maximum Gasteiger partial charge on any atom is 0.251 e. The van der Waals surface area contributed by atoms with Gasteiger partial charge in [-0.15, -0.1) is 0 Å². The lowest BCUT2D eigenvalue weighted by Gasteiger charge is -2.33. The molecular formula is C21H19F3N4O. The predicted octanol–water partition coefficient (Wildman–Crippen LogP) is 3.89. The van der Waals surface area contributed by atoms with E-state index in [4.69, 9.17) is 0 Å². The summed E-state index contributed by atoms with van der Waals surface area (Å²) in [5.41, 5.74) is 1.68. The molecule has 0 aliphatic carbocycles. The molecule has 5 nitrogen and oxygen atoms in total. The average Bonchev–Trinajstić information content (AvgIpc) is 3.21. The molecule has 0 saturated carbocycles. The summed E-state index contributed by atoms with van der Waals surface area (Å²) in [6.45, 7) is 1.33. The largest absolute Gasteiger partial charge is 0.353 e. The van der Waals surface area contributed by atoms with Crippen LogP contribution in [0.2, 0.25) is 0 Å². The molecule has 1 aromatic heterocycles. The number of benzene rings is 2. The van der Waals surface area contributed by atoms with Crippen molar-refractivity contribution in [2.45, 2.75) is 18.9 Å². The minimum absolute atomic E-state index is 0.0828. The van der Waals surface area contributed by atoms with Crippen LogP contribution in [0.5, 0.6) is 0 Å². The summed E-state index contributed by atoms with van der Waals surface area (Å²) in [7, 11) is 0. The Balaban J connectivity index is 1.42. The van der Waals surface area contributed by atoms with Crippen molar-refractivity contribution in [2.75, 3.05) is 18.0 Å². The monoisotopic (exact) mass is 400 g/mol. The molecule has 2 N–H and O–H groups in total. The fourth-order valence-corrected chi connectivity index (χ4v) is 3.46. The Kier molecular flexibility index (Phi) is 5.24. The lowest BCUT2D eigenvalue weighted by atomic mass is 10.0. The van der Waals surface area contributed by atoms with E-state index in [-0.39, 0.29) is 17.4 Å². The number of hydrogen-bond donors (Lipinski definition) is 2. The van der Waals surface area contributed by atoms with Gasteiger partial charge in [-0.3, -0.25) is 9.89 Å². The minimum atomic E-state index is -1.05. The number of carbonyl (C=O) groups is 1. The van der Waals surface area contributed by atoms with E-state index >= 15 is 0 Å². The Labute approximate surface area is 165 Å². The third kappa shape index (κ3) is 4.26. The molecule has 2 heterocycles. The quantitative estimate of drug-likeness (QED) is 0.699. The van der Waals surface area contributed by atoms with Gasteiger partial charge in [-0.25, -0.2) is 13.2 Å². The third-order valence-corrected chi connectivity index (χ3v) is 4.98. The van der Waals surface area contributed by atoms with Gasteiger partial charge in [0, 0.05) is 30.8 Å². The number of aromatic amines is 1. The summed E-state index contributed by atoms with van der Waals surface area (Å²) in [4.78, 5) is 14.4. The molecule has 1 aliphatic heterocycles. The molecule has 150 valence electrons. The molecule has 0 radical (unpaired) electrons. The first kappa shape index (κ1) is 19.0. The molecule has 0 bridgehead atoms. The van der Waals surface area contributed by atoms with Crippen LogP contribution in [0.3, 0.4) is 0 Å². The van der Waals surface area contributed by atoms with E-state index in [1.807, 2.05) is 11.0 Å². The fourth-order valence-electron chi connectivity index (χ4n) is 3.46. The number of halogens is 3. The van der Waals surface area contributed by atoms with Gasteiger partial charge in [-0.1, -0.05) is 0 Å². The van der Waals surface area contributed by atoms with Crippen LogP contribution in [-0.2, 0) is 0 Å². The van der Waals surface area contributed by atoms with Gasteiger partial charge in [0.25, 0.3) is 5.91 Å². The van der Waals surface area contributed by atoms with Crippen LogP contribution in [0.15, 0.2) is 48.5 Å². The predicted molar refractivity (Wildman–Crippen MR) is 103 cm³/mol. The lowest BCUT2D eigenvalue weighted by Crippen LogP contribution is -2.48. The molecule has 1 saturated heterocycles. The highest BCUT2D eigenvalue weighted by molar-refractivity contribution is 5.94. The first-order valence-corrected chi connectivity index (χ1v) is 9.32. The highest BCUT2D eigenvalue weighted by Gasteiger charge is 2.24. The topological polar surface area (TPSA) is 61.0 Å². The number of aromatic nitrogens is 2. The van der Waals surface area contributed by atoms with Crippen LogP contribution in [0.25, 0.3) is 11.3 Å². The van der Waals surface area contributed by atoms with Crippen molar-refractivity contribution in [3.05, 3.63) is 71.5 Å². The van der Waals surface area contributed by atoms with Crippen molar-refractivity contribution in [2.24, 2.45) is 0 Å².